The molecule has 1 saturated heterocycles. The molecule has 1 aromatic carbocycles. The average molecular weight is 389 g/mol. The van der Waals surface area contributed by atoms with Crippen molar-refractivity contribution in [2.45, 2.75) is 57.6 Å². The van der Waals surface area contributed by atoms with E-state index in [9.17, 15) is 0 Å². The van der Waals surface area contributed by atoms with Crippen LogP contribution in [0.1, 0.15) is 45.4 Å². The van der Waals surface area contributed by atoms with Gasteiger partial charge in [-0.2, -0.15) is 0 Å². The van der Waals surface area contributed by atoms with E-state index in [1.54, 1.807) is 7.11 Å². The van der Waals surface area contributed by atoms with Gasteiger partial charge >= 0.3 is 0 Å². The summed E-state index contributed by atoms with van der Waals surface area (Å²) in [5.74, 6) is 1.85. The van der Waals surface area contributed by atoms with E-state index < -0.39 is 0 Å². The molecular formula is C22H36N4O2. The summed E-state index contributed by atoms with van der Waals surface area (Å²) < 4.78 is 11.4. The van der Waals surface area contributed by atoms with E-state index in [1.807, 2.05) is 12.1 Å². The first-order valence-electron chi connectivity index (χ1n) is 10.8. The maximum absolute atomic E-state index is 5.93. The number of aliphatic imine (C=N–C) groups is 1. The Morgan fingerprint density at radius 1 is 1.21 bits per heavy atom. The lowest BCUT2D eigenvalue weighted by atomic mass is 10.2. The van der Waals surface area contributed by atoms with Crippen LogP contribution in [-0.4, -0.2) is 58.0 Å². The van der Waals surface area contributed by atoms with Gasteiger partial charge in [0, 0.05) is 38.8 Å². The number of nitrogens with one attached hydrogen (secondary N) is 2. The molecule has 1 unspecified atom stereocenters. The van der Waals surface area contributed by atoms with Gasteiger partial charge in [0.25, 0.3) is 0 Å². The second-order valence-electron chi connectivity index (χ2n) is 7.64. The summed E-state index contributed by atoms with van der Waals surface area (Å²) in [7, 11) is 1.73. The molecule has 1 saturated carbocycles. The standard InChI is InChI=1S/C22H36N4O2/c1-3-23-22(24-14-8-16-28-19-9-4-5-10-19)25-18-13-15-26(17-18)20-11-6-7-12-21(20)27-2/h6-7,11-12,18-19H,3-5,8-10,13-17H2,1-2H3,(H2,23,24,25). The molecule has 1 aliphatic carbocycles. The van der Waals surface area contributed by atoms with Crippen molar-refractivity contribution in [2.24, 2.45) is 4.99 Å². The van der Waals surface area contributed by atoms with E-state index in [0.29, 0.717) is 12.1 Å². The van der Waals surface area contributed by atoms with Gasteiger partial charge < -0.3 is 25.0 Å². The smallest absolute Gasteiger partial charge is 0.191 e. The van der Waals surface area contributed by atoms with Gasteiger partial charge in [0.15, 0.2) is 5.96 Å². The van der Waals surface area contributed by atoms with Crippen molar-refractivity contribution in [3.63, 3.8) is 0 Å². The van der Waals surface area contributed by atoms with Crippen molar-refractivity contribution in [3.8, 4) is 5.75 Å². The van der Waals surface area contributed by atoms with Crippen LogP contribution < -0.4 is 20.3 Å². The number of anilines is 1. The van der Waals surface area contributed by atoms with Crippen LogP contribution >= 0.6 is 0 Å². The van der Waals surface area contributed by atoms with Crippen molar-refractivity contribution in [1.82, 2.24) is 10.6 Å². The molecule has 0 radical (unpaired) electrons. The van der Waals surface area contributed by atoms with Crippen molar-refractivity contribution >= 4 is 11.6 Å². The first kappa shape index (κ1) is 20.8. The van der Waals surface area contributed by atoms with Crippen LogP contribution in [0.3, 0.4) is 0 Å². The zero-order valence-corrected chi connectivity index (χ0v) is 17.5. The number of para-hydroxylation sites is 2. The van der Waals surface area contributed by atoms with Gasteiger partial charge in [-0.1, -0.05) is 25.0 Å². The first-order chi connectivity index (χ1) is 13.8. The third kappa shape index (κ3) is 6.03. The molecule has 6 heteroatoms. The van der Waals surface area contributed by atoms with E-state index in [4.69, 9.17) is 14.5 Å². The molecule has 2 aliphatic rings. The third-order valence-electron chi connectivity index (χ3n) is 5.53. The van der Waals surface area contributed by atoms with Gasteiger partial charge in [-0.05, 0) is 44.7 Å². The van der Waals surface area contributed by atoms with Crippen LogP contribution in [0.15, 0.2) is 29.3 Å². The summed E-state index contributed by atoms with van der Waals surface area (Å²) >= 11 is 0. The minimum Gasteiger partial charge on any atom is -0.495 e. The van der Waals surface area contributed by atoms with Crippen LogP contribution in [0.5, 0.6) is 5.75 Å². The molecule has 2 fully saturated rings. The molecule has 1 heterocycles. The quantitative estimate of drug-likeness (QED) is 0.387. The van der Waals surface area contributed by atoms with Crippen molar-refractivity contribution in [2.75, 3.05) is 44.8 Å². The van der Waals surface area contributed by atoms with E-state index in [2.05, 4.69) is 34.6 Å². The van der Waals surface area contributed by atoms with Crippen molar-refractivity contribution < 1.29 is 9.47 Å². The average Bonchev–Trinajstić information content (AvgIpc) is 3.40. The second kappa shape index (κ2) is 11.1. The monoisotopic (exact) mass is 388 g/mol. The number of rotatable bonds is 9. The Labute approximate surface area is 169 Å². The molecule has 6 nitrogen and oxygen atoms in total. The molecule has 156 valence electrons. The van der Waals surface area contributed by atoms with E-state index >= 15 is 0 Å². The number of guanidine groups is 1. The van der Waals surface area contributed by atoms with Crippen LogP contribution in [0.2, 0.25) is 0 Å². The zero-order valence-electron chi connectivity index (χ0n) is 17.5. The van der Waals surface area contributed by atoms with Crippen LogP contribution in [0, 0.1) is 0 Å². The number of hydrogen-bond donors (Lipinski definition) is 2. The van der Waals surface area contributed by atoms with E-state index in [1.165, 1.54) is 31.4 Å². The molecule has 0 spiro atoms. The lowest BCUT2D eigenvalue weighted by Crippen LogP contribution is -2.44. The fourth-order valence-corrected chi connectivity index (χ4v) is 4.06. The first-order valence-corrected chi connectivity index (χ1v) is 10.8. The molecule has 1 atom stereocenters. The predicted molar refractivity (Wildman–Crippen MR) is 116 cm³/mol. The fraction of sp³-hybridized carbons (Fsp3) is 0.682. The molecule has 1 aliphatic heterocycles. The highest BCUT2D eigenvalue weighted by atomic mass is 16.5. The van der Waals surface area contributed by atoms with E-state index in [0.717, 1.165) is 57.3 Å². The Bertz CT molecular complexity index is 616. The Morgan fingerprint density at radius 2 is 2.04 bits per heavy atom. The highest BCUT2D eigenvalue weighted by Crippen LogP contribution is 2.30. The van der Waals surface area contributed by atoms with Gasteiger partial charge in [0.2, 0.25) is 0 Å². The zero-order chi connectivity index (χ0) is 19.6. The molecule has 0 bridgehead atoms. The van der Waals surface area contributed by atoms with Gasteiger partial charge in [-0.15, -0.1) is 0 Å². The number of benzene rings is 1. The van der Waals surface area contributed by atoms with Gasteiger partial charge in [0.05, 0.1) is 18.9 Å². The maximum atomic E-state index is 5.93. The van der Waals surface area contributed by atoms with Gasteiger partial charge in [0.1, 0.15) is 5.75 Å². The molecule has 2 N–H and O–H groups in total. The number of ether oxygens (including phenoxy) is 2. The van der Waals surface area contributed by atoms with Crippen molar-refractivity contribution in [1.29, 1.82) is 0 Å². The number of methoxy groups -OCH3 is 1. The van der Waals surface area contributed by atoms with Crippen LogP contribution in [-0.2, 0) is 4.74 Å². The third-order valence-corrected chi connectivity index (χ3v) is 5.53. The van der Waals surface area contributed by atoms with Crippen LogP contribution in [0.25, 0.3) is 0 Å². The Morgan fingerprint density at radius 3 is 2.82 bits per heavy atom. The molecule has 3 rings (SSSR count). The fourth-order valence-electron chi connectivity index (χ4n) is 4.06. The summed E-state index contributed by atoms with van der Waals surface area (Å²) in [6, 6.07) is 8.62. The maximum Gasteiger partial charge on any atom is 0.191 e. The number of hydrogen-bond acceptors (Lipinski definition) is 4. The van der Waals surface area contributed by atoms with Crippen LogP contribution in [0.4, 0.5) is 5.69 Å². The summed E-state index contributed by atoms with van der Waals surface area (Å²) in [5, 5.41) is 6.98. The summed E-state index contributed by atoms with van der Waals surface area (Å²) in [4.78, 5) is 7.13. The van der Waals surface area contributed by atoms with Gasteiger partial charge in [-0.3, -0.25) is 4.99 Å². The molecular weight excluding hydrogens is 352 g/mol. The summed E-state index contributed by atoms with van der Waals surface area (Å²) in [6.07, 6.45) is 7.68. The molecule has 0 amide bonds. The minimum absolute atomic E-state index is 0.387. The van der Waals surface area contributed by atoms with Gasteiger partial charge in [-0.25, -0.2) is 0 Å². The normalized spacial score (nSPS) is 20.6. The summed E-state index contributed by atoms with van der Waals surface area (Å²) in [6.45, 7) is 6.56. The lowest BCUT2D eigenvalue weighted by molar-refractivity contribution is 0.0579. The topological polar surface area (TPSA) is 58.1 Å². The SMILES string of the molecule is CCNC(=NCCCOC1CCCC1)NC1CCN(c2ccccc2OC)C1. The lowest BCUT2D eigenvalue weighted by Gasteiger charge is -2.22. The summed E-state index contributed by atoms with van der Waals surface area (Å²) in [5.41, 5.74) is 1.17. The predicted octanol–water partition coefficient (Wildman–Crippen LogP) is 3.18. The Hall–Kier alpha value is -1.95. The highest BCUT2D eigenvalue weighted by Gasteiger charge is 2.25. The van der Waals surface area contributed by atoms with E-state index in [-0.39, 0.29) is 0 Å². The Balaban J connectivity index is 1.44. The molecule has 28 heavy (non-hydrogen) atoms. The molecule has 0 aromatic heterocycles. The Kier molecular flexibility index (Phi) is 8.27. The minimum atomic E-state index is 0.387. The second-order valence-corrected chi connectivity index (χ2v) is 7.64. The van der Waals surface area contributed by atoms with Crippen molar-refractivity contribution in [3.05, 3.63) is 24.3 Å². The number of nitrogens with zero attached hydrogens (tertiary/aromatic N) is 2. The molecule has 1 aromatic rings. The highest BCUT2D eigenvalue weighted by molar-refractivity contribution is 5.80. The largest absolute Gasteiger partial charge is 0.495 e.